The van der Waals surface area contributed by atoms with E-state index in [0.717, 1.165) is 5.69 Å². The number of hydrogen-bond acceptors (Lipinski definition) is 5. The largest absolute Gasteiger partial charge is 0.467 e. The Morgan fingerprint density at radius 2 is 1.91 bits per heavy atom. The Kier molecular flexibility index (Phi) is 4.73. The maximum absolute atomic E-state index is 13.3. The van der Waals surface area contributed by atoms with Gasteiger partial charge in [-0.15, -0.1) is 0 Å². The number of carbonyl (C=O) groups excluding carboxylic acids is 2. The molecule has 32 heavy (non-hydrogen) atoms. The van der Waals surface area contributed by atoms with Crippen LogP contribution in [0.1, 0.15) is 46.2 Å². The van der Waals surface area contributed by atoms with Gasteiger partial charge in [-0.3, -0.25) is 14.4 Å². The van der Waals surface area contributed by atoms with E-state index in [2.05, 4.69) is 10.3 Å². The van der Waals surface area contributed by atoms with Crippen LogP contribution in [0, 0.1) is 6.92 Å². The maximum atomic E-state index is 13.3. The first-order chi connectivity index (χ1) is 15.4. The number of piperidine rings is 1. The minimum Gasteiger partial charge on any atom is -0.467 e. The van der Waals surface area contributed by atoms with Crippen molar-refractivity contribution in [1.82, 2.24) is 19.8 Å². The van der Waals surface area contributed by atoms with E-state index in [1.807, 2.05) is 24.5 Å². The fourth-order valence-electron chi connectivity index (χ4n) is 4.48. The lowest BCUT2D eigenvalue weighted by atomic mass is 9.96. The molecule has 8 heteroatoms. The summed E-state index contributed by atoms with van der Waals surface area (Å²) < 4.78 is 7.99. The number of rotatable bonds is 2. The van der Waals surface area contributed by atoms with Gasteiger partial charge < -0.3 is 19.5 Å². The van der Waals surface area contributed by atoms with Crippen molar-refractivity contribution in [3.8, 4) is 5.75 Å². The van der Waals surface area contributed by atoms with Crippen molar-refractivity contribution in [3.63, 3.8) is 0 Å². The molecule has 1 saturated heterocycles. The number of carbonyl (C=O) groups is 2. The molecule has 2 aromatic heterocycles. The third-order valence-corrected chi connectivity index (χ3v) is 6.27. The van der Waals surface area contributed by atoms with Crippen molar-refractivity contribution < 1.29 is 14.3 Å². The van der Waals surface area contributed by atoms with Crippen molar-refractivity contribution in [2.75, 3.05) is 13.1 Å². The molecule has 2 aliphatic heterocycles. The maximum Gasteiger partial charge on any atom is 0.259 e. The van der Waals surface area contributed by atoms with Crippen LogP contribution < -0.4 is 15.5 Å². The van der Waals surface area contributed by atoms with E-state index < -0.39 is 5.72 Å². The van der Waals surface area contributed by atoms with Gasteiger partial charge in [-0.25, -0.2) is 4.98 Å². The van der Waals surface area contributed by atoms with E-state index >= 15 is 0 Å². The third-order valence-electron chi connectivity index (χ3n) is 6.27. The Balaban J connectivity index is 1.40. The number of nitrogens with one attached hydrogen (secondary N) is 1. The second-order valence-electron chi connectivity index (χ2n) is 8.32. The summed E-state index contributed by atoms with van der Waals surface area (Å²) in [5.74, 6) is 0.0750. The Morgan fingerprint density at radius 3 is 2.66 bits per heavy atom. The molecule has 0 saturated carbocycles. The smallest absolute Gasteiger partial charge is 0.259 e. The molecule has 0 radical (unpaired) electrons. The zero-order valence-electron chi connectivity index (χ0n) is 18.1. The standard InChI is InChI=1S/C24H24N4O4/c1-3-27-14-18(20(29)17-9-8-15(2)25-21(17)27)23(31)28-12-10-24(11-13-28)26-22(30)16-6-4-5-7-19(16)32-24/h4-9,14H,3,10-13H2,1-2H3,(H,26,30). The second kappa shape index (κ2) is 7.47. The molecule has 5 rings (SSSR count). The molecule has 1 aromatic carbocycles. The molecule has 1 N–H and O–H groups in total. The number of fused-ring (bicyclic) bond motifs is 2. The summed E-state index contributed by atoms with van der Waals surface area (Å²) in [6.07, 6.45) is 2.49. The summed E-state index contributed by atoms with van der Waals surface area (Å²) in [7, 11) is 0. The quantitative estimate of drug-likeness (QED) is 0.672. The molecular formula is C24H24N4O4. The van der Waals surface area contributed by atoms with Gasteiger partial charge in [-0.05, 0) is 38.1 Å². The van der Waals surface area contributed by atoms with Crippen LogP contribution in [0.4, 0.5) is 0 Å². The minimum atomic E-state index is -0.837. The van der Waals surface area contributed by atoms with Crippen LogP contribution in [0.2, 0.25) is 0 Å². The van der Waals surface area contributed by atoms with E-state index in [4.69, 9.17) is 4.74 Å². The average Bonchev–Trinajstić information content (AvgIpc) is 2.79. The number of aromatic nitrogens is 2. The average molecular weight is 432 g/mol. The Morgan fingerprint density at radius 1 is 1.16 bits per heavy atom. The fourth-order valence-corrected chi connectivity index (χ4v) is 4.48. The predicted octanol–water partition coefficient (Wildman–Crippen LogP) is 2.48. The lowest BCUT2D eigenvalue weighted by Gasteiger charge is -2.44. The van der Waals surface area contributed by atoms with Crippen molar-refractivity contribution >= 4 is 22.8 Å². The summed E-state index contributed by atoms with van der Waals surface area (Å²) in [4.78, 5) is 45.1. The number of aryl methyl sites for hydroxylation is 2. The number of benzene rings is 1. The predicted molar refractivity (Wildman–Crippen MR) is 119 cm³/mol. The highest BCUT2D eigenvalue weighted by atomic mass is 16.5. The van der Waals surface area contributed by atoms with Gasteiger partial charge in [0.05, 0.1) is 10.9 Å². The van der Waals surface area contributed by atoms with Crippen molar-refractivity contribution in [3.05, 3.63) is 69.6 Å². The van der Waals surface area contributed by atoms with Crippen LogP contribution in [-0.2, 0) is 6.54 Å². The monoisotopic (exact) mass is 432 g/mol. The highest BCUT2D eigenvalue weighted by molar-refractivity contribution is 5.99. The first-order valence-electron chi connectivity index (χ1n) is 10.8. The summed E-state index contributed by atoms with van der Waals surface area (Å²) in [5.41, 5.74) is 0.908. The van der Waals surface area contributed by atoms with E-state index in [-0.39, 0.29) is 22.8 Å². The SMILES string of the molecule is CCn1cc(C(=O)N2CCC3(CC2)NC(=O)c2ccccc2O3)c(=O)c2ccc(C)nc21. The molecule has 164 valence electrons. The van der Waals surface area contributed by atoms with Crippen LogP contribution in [-0.4, -0.2) is 45.1 Å². The zero-order valence-corrected chi connectivity index (χ0v) is 18.1. The molecule has 3 aromatic rings. The number of likely N-dealkylation sites (tertiary alicyclic amines) is 1. The van der Waals surface area contributed by atoms with Gasteiger partial charge in [0, 0.05) is 44.4 Å². The number of ether oxygens (including phenoxy) is 1. The lowest BCUT2D eigenvalue weighted by molar-refractivity contribution is -0.0245. The van der Waals surface area contributed by atoms with E-state index in [9.17, 15) is 14.4 Å². The summed E-state index contributed by atoms with van der Waals surface area (Å²) in [5, 5.41) is 3.41. The van der Waals surface area contributed by atoms with E-state index in [1.54, 1.807) is 41.4 Å². The third kappa shape index (κ3) is 3.23. The summed E-state index contributed by atoms with van der Waals surface area (Å²) >= 11 is 0. The number of nitrogens with zero attached hydrogens (tertiary/aromatic N) is 3. The normalized spacial score (nSPS) is 17.1. The van der Waals surface area contributed by atoms with Gasteiger partial charge in [0.25, 0.3) is 11.8 Å². The highest BCUT2D eigenvalue weighted by Crippen LogP contribution is 2.33. The molecule has 8 nitrogen and oxygen atoms in total. The van der Waals surface area contributed by atoms with Crippen LogP contribution in [0.3, 0.4) is 0 Å². The van der Waals surface area contributed by atoms with Crippen LogP contribution >= 0.6 is 0 Å². The molecule has 0 bridgehead atoms. The van der Waals surface area contributed by atoms with Crippen LogP contribution in [0.5, 0.6) is 5.75 Å². The van der Waals surface area contributed by atoms with Crippen molar-refractivity contribution in [2.24, 2.45) is 0 Å². The summed E-state index contributed by atoms with van der Waals surface area (Å²) in [6.45, 7) is 5.16. The lowest BCUT2D eigenvalue weighted by Crippen LogP contribution is -2.61. The molecule has 0 atom stereocenters. The second-order valence-corrected chi connectivity index (χ2v) is 8.32. The van der Waals surface area contributed by atoms with E-state index in [0.29, 0.717) is 54.8 Å². The number of para-hydroxylation sites is 1. The minimum absolute atomic E-state index is 0.139. The van der Waals surface area contributed by atoms with Crippen molar-refractivity contribution in [2.45, 2.75) is 39.0 Å². The van der Waals surface area contributed by atoms with E-state index in [1.165, 1.54) is 0 Å². The first-order valence-corrected chi connectivity index (χ1v) is 10.8. The molecule has 2 aliphatic rings. The van der Waals surface area contributed by atoms with Gasteiger partial charge >= 0.3 is 0 Å². The van der Waals surface area contributed by atoms with Gasteiger partial charge in [0.2, 0.25) is 5.43 Å². The molecule has 1 spiro atoms. The van der Waals surface area contributed by atoms with Crippen molar-refractivity contribution in [1.29, 1.82) is 0 Å². The van der Waals surface area contributed by atoms with Gasteiger partial charge in [-0.2, -0.15) is 0 Å². The Bertz CT molecular complexity index is 1310. The fraction of sp³-hybridized carbons (Fsp3) is 0.333. The number of amides is 2. The number of pyridine rings is 2. The van der Waals surface area contributed by atoms with Gasteiger partial charge in [0.15, 0.2) is 5.72 Å². The van der Waals surface area contributed by atoms with Gasteiger partial charge in [-0.1, -0.05) is 12.1 Å². The molecular weight excluding hydrogens is 408 g/mol. The Hall–Kier alpha value is -3.68. The highest BCUT2D eigenvalue weighted by Gasteiger charge is 2.43. The number of hydrogen-bond donors (Lipinski definition) is 1. The molecule has 0 unspecified atom stereocenters. The zero-order chi connectivity index (χ0) is 22.5. The first kappa shape index (κ1) is 20.2. The Labute approximate surface area is 184 Å². The molecule has 2 amide bonds. The topological polar surface area (TPSA) is 93.5 Å². The molecule has 0 aliphatic carbocycles. The molecule has 4 heterocycles. The van der Waals surface area contributed by atoms with Crippen LogP contribution in [0.15, 0.2) is 47.4 Å². The molecule has 1 fully saturated rings. The van der Waals surface area contributed by atoms with Gasteiger partial charge in [0.1, 0.15) is 17.0 Å². The van der Waals surface area contributed by atoms with Crippen LogP contribution in [0.25, 0.3) is 11.0 Å². The summed E-state index contributed by atoms with van der Waals surface area (Å²) in [6, 6.07) is 10.7.